The number of carbonyl (C=O) groups excluding carboxylic acids is 1. The van der Waals surface area contributed by atoms with E-state index in [1.165, 1.54) is 12.1 Å². The quantitative estimate of drug-likeness (QED) is 0.571. The summed E-state index contributed by atoms with van der Waals surface area (Å²) in [6, 6.07) is 4.49. The molecule has 1 aromatic rings. The number of carbonyl (C=O) groups is 1. The summed E-state index contributed by atoms with van der Waals surface area (Å²) in [6.45, 7) is -2.89. The van der Waals surface area contributed by atoms with E-state index in [9.17, 15) is 13.6 Å². The van der Waals surface area contributed by atoms with Crippen LogP contribution in [0.5, 0.6) is 5.75 Å². The molecule has 0 atom stereocenters. The molecule has 88 valence electrons. The summed E-state index contributed by atoms with van der Waals surface area (Å²) in [7, 11) is 0. The second-order valence-corrected chi connectivity index (χ2v) is 3.49. The molecule has 0 fully saturated rings. The highest BCUT2D eigenvalue weighted by Crippen LogP contribution is 2.24. The minimum atomic E-state index is -2.89. The average molecular weight is 249 g/mol. The lowest BCUT2D eigenvalue weighted by Crippen LogP contribution is -2.06. The SMILES string of the molecule is O=Cc1cccc(OC(F)F)c1CCCCl. The van der Waals surface area contributed by atoms with E-state index in [1.54, 1.807) is 6.07 Å². The van der Waals surface area contributed by atoms with E-state index in [-0.39, 0.29) is 5.75 Å². The lowest BCUT2D eigenvalue weighted by atomic mass is 10.0. The van der Waals surface area contributed by atoms with Gasteiger partial charge in [-0.2, -0.15) is 8.78 Å². The zero-order valence-electron chi connectivity index (χ0n) is 8.46. The Bertz CT molecular complexity index is 356. The van der Waals surface area contributed by atoms with Gasteiger partial charge >= 0.3 is 6.61 Å². The maximum atomic E-state index is 12.1. The zero-order valence-corrected chi connectivity index (χ0v) is 9.21. The molecular weight excluding hydrogens is 238 g/mol. The standard InChI is InChI=1S/C11H11ClF2O2/c12-6-2-4-9-8(7-15)3-1-5-10(9)16-11(13)14/h1,3,5,7,11H,2,4,6H2. The molecule has 0 bridgehead atoms. The molecule has 0 unspecified atom stereocenters. The van der Waals surface area contributed by atoms with Crippen LogP contribution in [-0.4, -0.2) is 18.8 Å². The molecular formula is C11H11ClF2O2. The molecule has 1 aromatic carbocycles. The fourth-order valence-electron chi connectivity index (χ4n) is 1.41. The van der Waals surface area contributed by atoms with Crippen LogP contribution in [0.2, 0.25) is 0 Å². The Morgan fingerprint density at radius 3 is 2.75 bits per heavy atom. The molecule has 16 heavy (non-hydrogen) atoms. The molecule has 0 saturated heterocycles. The Morgan fingerprint density at radius 2 is 2.19 bits per heavy atom. The number of ether oxygens (including phenoxy) is 1. The molecule has 0 aliphatic rings. The van der Waals surface area contributed by atoms with E-state index in [0.717, 1.165) is 0 Å². The summed E-state index contributed by atoms with van der Waals surface area (Å²) in [5.74, 6) is 0.450. The van der Waals surface area contributed by atoms with Gasteiger partial charge in [0.25, 0.3) is 0 Å². The number of benzene rings is 1. The lowest BCUT2D eigenvalue weighted by molar-refractivity contribution is -0.0504. The van der Waals surface area contributed by atoms with Gasteiger partial charge in [0.15, 0.2) is 0 Å². The van der Waals surface area contributed by atoms with Gasteiger partial charge in [-0.3, -0.25) is 4.79 Å². The predicted octanol–water partition coefficient (Wildman–Crippen LogP) is 3.27. The molecule has 0 aliphatic heterocycles. The van der Waals surface area contributed by atoms with Crippen LogP contribution in [0.3, 0.4) is 0 Å². The molecule has 2 nitrogen and oxygen atoms in total. The lowest BCUT2D eigenvalue weighted by Gasteiger charge is -2.11. The molecule has 1 rings (SSSR count). The van der Waals surface area contributed by atoms with Gasteiger partial charge in [0.05, 0.1) is 0 Å². The maximum absolute atomic E-state index is 12.1. The minimum Gasteiger partial charge on any atom is -0.435 e. The highest BCUT2D eigenvalue weighted by atomic mass is 35.5. The van der Waals surface area contributed by atoms with Crippen LogP contribution >= 0.6 is 11.6 Å². The third kappa shape index (κ3) is 3.45. The van der Waals surface area contributed by atoms with Crippen LogP contribution in [0.15, 0.2) is 18.2 Å². The average Bonchev–Trinajstić information content (AvgIpc) is 2.26. The van der Waals surface area contributed by atoms with E-state index >= 15 is 0 Å². The molecule has 0 aromatic heterocycles. The van der Waals surface area contributed by atoms with Gasteiger partial charge < -0.3 is 4.74 Å². The van der Waals surface area contributed by atoms with Gasteiger partial charge in [-0.25, -0.2) is 0 Å². The molecule has 0 saturated carbocycles. The van der Waals surface area contributed by atoms with E-state index in [2.05, 4.69) is 4.74 Å². The Balaban J connectivity index is 2.99. The first-order valence-corrected chi connectivity index (χ1v) is 5.30. The fraction of sp³-hybridized carbons (Fsp3) is 0.364. The van der Waals surface area contributed by atoms with Crippen molar-refractivity contribution in [2.45, 2.75) is 19.5 Å². The van der Waals surface area contributed by atoms with E-state index in [0.29, 0.717) is 36.1 Å². The molecule has 0 N–H and O–H groups in total. The van der Waals surface area contributed by atoms with Crippen molar-refractivity contribution in [3.05, 3.63) is 29.3 Å². The summed E-state index contributed by atoms with van der Waals surface area (Å²) >= 11 is 5.53. The molecule has 5 heteroatoms. The number of halogens is 3. The van der Waals surface area contributed by atoms with E-state index in [4.69, 9.17) is 11.6 Å². The summed E-state index contributed by atoms with van der Waals surface area (Å²) < 4.78 is 28.6. The van der Waals surface area contributed by atoms with Gasteiger partial charge in [-0.1, -0.05) is 12.1 Å². The van der Waals surface area contributed by atoms with Crippen LogP contribution in [-0.2, 0) is 6.42 Å². The molecule has 0 spiro atoms. The largest absolute Gasteiger partial charge is 0.435 e. The maximum Gasteiger partial charge on any atom is 0.387 e. The minimum absolute atomic E-state index is 0.0460. The van der Waals surface area contributed by atoms with Gasteiger partial charge in [-0.05, 0) is 18.9 Å². The first-order valence-electron chi connectivity index (χ1n) is 4.77. The van der Waals surface area contributed by atoms with Crippen molar-refractivity contribution in [1.82, 2.24) is 0 Å². The van der Waals surface area contributed by atoms with Crippen LogP contribution in [0, 0.1) is 0 Å². The van der Waals surface area contributed by atoms with Gasteiger partial charge in [0, 0.05) is 17.0 Å². The number of hydrogen-bond acceptors (Lipinski definition) is 2. The van der Waals surface area contributed by atoms with Crippen molar-refractivity contribution < 1.29 is 18.3 Å². The van der Waals surface area contributed by atoms with Gasteiger partial charge in [-0.15, -0.1) is 11.6 Å². The Kier molecular flexibility index (Phi) is 5.19. The van der Waals surface area contributed by atoms with Gasteiger partial charge in [0.2, 0.25) is 0 Å². The van der Waals surface area contributed by atoms with Crippen LogP contribution < -0.4 is 4.74 Å². The normalized spacial score (nSPS) is 10.5. The summed E-state index contributed by atoms with van der Waals surface area (Å²) in [4.78, 5) is 10.8. The van der Waals surface area contributed by atoms with Crippen molar-refractivity contribution in [3.63, 3.8) is 0 Å². The third-order valence-electron chi connectivity index (χ3n) is 2.07. The van der Waals surface area contributed by atoms with E-state index < -0.39 is 6.61 Å². The van der Waals surface area contributed by atoms with Crippen LogP contribution in [0.1, 0.15) is 22.3 Å². The Labute approximate surface area is 97.2 Å². The van der Waals surface area contributed by atoms with Crippen LogP contribution in [0.4, 0.5) is 8.78 Å². The number of aldehydes is 1. The topological polar surface area (TPSA) is 26.3 Å². The second kappa shape index (κ2) is 6.43. The van der Waals surface area contributed by atoms with Crippen molar-refractivity contribution in [2.24, 2.45) is 0 Å². The fourth-order valence-corrected chi connectivity index (χ4v) is 1.54. The predicted molar refractivity (Wildman–Crippen MR) is 57.5 cm³/mol. The third-order valence-corrected chi connectivity index (χ3v) is 2.34. The Morgan fingerprint density at radius 1 is 1.44 bits per heavy atom. The Hall–Kier alpha value is -1.16. The van der Waals surface area contributed by atoms with E-state index in [1.807, 2.05) is 0 Å². The first kappa shape index (κ1) is 12.9. The van der Waals surface area contributed by atoms with Crippen molar-refractivity contribution >= 4 is 17.9 Å². The molecule has 0 aliphatic carbocycles. The smallest absolute Gasteiger partial charge is 0.387 e. The highest BCUT2D eigenvalue weighted by molar-refractivity contribution is 6.17. The van der Waals surface area contributed by atoms with Crippen molar-refractivity contribution in [3.8, 4) is 5.75 Å². The highest BCUT2D eigenvalue weighted by Gasteiger charge is 2.12. The zero-order chi connectivity index (χ0) is 12.0. The summed E-state index contributed by atoms with van der Waals surface area (Å²) in [6.07, 6.45) is 1.67. The number of hydrogen-bond donors (Lipinski definition) is 0. The number of rotatable bonds is 6. The molecule has 0 radical (unpaired) electrons. The molecule has 0 amide bonds. The first-order chi connectivity index (χ1) is 7.69. The van der Waals surface area contributed by atoms with Crippen molar-refractivity contribution in [2.75, 3.05) is 5.88 Å². The summed E-state index contributed by atoms with van der Waals surface area (Å²) in [5.41, 5.74) is 0.849. The van der Waals surface area contributed by atoms with Gasteiger partial charge in [0.1, 0.15) is 12.0 Å². The summed E-state index contributed by atoms with van der Waals surface area (Å²) in [5, 5.41) is 0. The van der Waals surface area contributed by atoms with Crippen LogP contribution in [0.25, 0.3) is 0 Å². The monoisotopic (exact) mass is 248 g/mol. The molecule has 0 heterocycles. The van der Waals surface area contributed by atoms with Crippen molar-refractivity contribution in [1.29, 1.82) is 0 Å². The second-order valence-electron chi connectivity index (χ2n) is 3.11. The number of alkyl halides is 3.